The molecule has 19 heavy (non-hydrogen) atoms. The highest BCUT2D eigenvalue weighted by Crippen LogP contribution is 2.30. The Morgan fingerprint density at radius 2 is 2.26 bits per heavy atom. The van der Waals surface area contributed by atoms with Gasteiger partial charge in [-0.15, -0.1) is 0 Å². The molecule has 2 N–H and O–H groups in total. The molecule has 0 spiro atoms. The van der Waals surface area contributed by atoms with Gasteiger partial charge in [0.05, 0.1) is 18.4 Å². The first kappa shape index (κ1) is 13.7. The summed E-state index contributed by atoms with van der Waals surface area (Å²) in [7, 11) is 0. The Balaban J connectivity index is 1.99. The van der Waals surface area contributed by atoms with E-state index in [9.17, 15) is 0 Å². The molecule has 1 atom stereocenters. The number of ether oxygens (including phenoxy) is 1. The first-order valence-electron chi connectivity index (χ1n) is 6.79. The van der Waals surface area contributed by atoms with Gasteiger partial charge in [-0.2, -0.15) is 5.26 Å². The summed E-state index contributed by atoms with van der Waals surface area (Å²) in [5.41, 5.74) is 6.28. The van der Waals surface area contributed by atoms with E-state index in [4.69, 9.17) is 15.7 Å². The van der Waals surface area contributed by atoms with Crippen molar-refractivity contribution in [2.24, 2.45) is 5.73 Å². The Hall–Kier alpha value is -1.73. The van der Waals surface area contributed by atoms with Crippen molar-refractivity contribution in [3.63, 3.8) is 0 Å². The van der Waals surface area contributed by atoms with Gasteiger partial charge in [0.15, 0.2) is 0 Å². The van der Waals surface area contributed by atoms with Crippen LogP contribution in [0.4, 0.5) is 5.69 Å². The predicted molar refractivity (Wildman–Crippen MR) is 76.2 cm³/mol. The Bertz CT molecular complexity index is 465. The van der Waals surface area contributed by atoms with Crippen LogP contribution < -0.4 is 15.4 Å². The van der Waals surface area contributed by atoms with Gasteiger partial charge in [0.25, 0.3) is 0 Å². The SMILES string of the molecule is CC(N)(C#N)CCCN1CCCOc2ccccc21. The smallest absolute Gasteiger partial charge is 0.142 e. The molecule has 4 heteroatoms. The third kappa shape index (κ3) is 3.62. The maximum absolute atomic E-state index is 8.93. The number of benzene rings is 1. The second-order valence-corrected chi connectivity index (χ2v) is 5.29. The van der Waals surface area contributed by atoms with E-state index < -0.39 is 5.54 Å². The third-order valence-corrected chi connectivity index (χ3v) is 3.42. The van der Waals surface area contributed by atoms with Crippen molar-refractivity contribution >= 4 is 5.69 Å². The molecule has 1 heterocycles. The van der Waals surface area contributed by atoms with E-state index >= 15 is 0 Å². The maximum Gasteiger partial charge on any atom is 0.142 e. The van der Waals surface area contributed by atoms with Gasteiger partial charge in [0.2, 0.25) is 0 Å². The fraction of sp³-hybridized carbons (Fsp3) is 0.533. The van der Waals surface area contributed by atoms with E-state index in [2.05, 4.69) is 17.0 Å². The van der Waals surface area contributed by atoms with Crippen LogP contribution in [-0.2, 0) is 0 Å². The number of rotatable bonds is 4. The molecule has 0 aromatic heterocycles. The van der Waals surface area contributed by atoms with E-state index in [1.807, 2.05) is 18.2 Å². The average molecular weight is 259 g/mol. The average Bonchev–Trinajstić information content (AvgIpc) is 2.61. The molecule has 1 aliphatic heterocycles. The zero-order valence-electron chi connectivity index (χ0n) is 11.4. The van der Waals surface area contributed by atoms with Crippen LogP contribution in [-0.4, -0.2) is 25.2 Å². The summed E-state index contributed by atoms with van der Waals surface area (Å²) in [6.07, 6.45) is 2.64. The molecule has 1 unspecified atom stereocenters. The van der Waals surface area contributed by atoms with Crippen LogP contribution in [0.3, 0.4) is 0 Å². The highest BCUT2D eigenvalue weighted by molar-refractivity contribution is 5.58. The minimum Gasteiger partial charge on any atom is -0.491 e. The van der Waals surface area contributed by atoms with E-state index in [0.29, 0.717) is 6.42 Å². The second kappa shape index (κ2) is 5.94. The van der Waals surface area contributed by atoms with Gasteiger partial charge in [-0.25, -0.2) is 0 Å². The van der Waals surface area contributed by atoms with Crippen LogP contribution in [0.1, 0.15) is 26.2 Å². The molecule has 0 saturated heterocycles. The van der Waals surface area contributed by atoms with Crippen LogP contribution in [0.25, 0.3) is 0 Å². The van der Waals surface area contributed by atoms with E-state index in [-0.39, 0.29) is 0 Å². The third-order valence-electron chi connectivity index (χ3n) is 3.42. The molecular formula is C15H21N3O. The number of hydrogen-bond acceptors (Lipinski definition) is 4. The quantitative estimate of drug-likeness (QED) is 0.901. The molecule has 0 radical (unpaired) electrons. The van der Waals surface area contributed by atoms with Gasteiger partial charge in [-0.1, -0.05) is 12.1 Å². The summed E-state index contributed by atoms with van der Waals surface area (Å²) < 4.78 is 5.73. The van der Waals surface area contributed by atoms with Crippen LogP contribution >= 0.6 is 0 Å². The monoisotopic (exact) mass is 259 g/mol. The molecule has 102 valence electrons. The number of nitrogens with two attached hydrogens (primary N) is 1. The maximum atomic E-state index is 8.93. The minimum atomic E-state index is -0.720. The molecule has 2 rings (SSSR count). The largest absolute Gasteiger partial charge is 0.491 e. The van der Waals surface area contributed by atoms with Crippen molar-refractivity contribution in [1.29, 1.82) is 5.26 Å². The van der Waals surface area contributed by atoms with Crippen molar-refractivity contribution in [3.8, 4) is 11.8 Å². The van der Waals surface area contributed by atoms with Crippen LogP contribution in [0, 0.1) is 11.3 Å². The summed E-state index contributed by atoms with van der Waals surface area (Å²) in [5, 5.41) is 8.93. The van der Waals surface area contributed by atoms with E-state index in [1.54, 1.807) is 6.92 Å². The molecule has 0 amide bonds. The number of hydrogen-bond donors (Lipinski definition) is 1. The number of para-hydroxylation sites is 2. The van der Waals surface area contributed by atoms with Gasteiger partial charge < -0.3 is 15.4 Å². The normalized spacial score (nSPS) is 17.6. The summed E-state index contributed by atoms with van der Waals surface area (Å²) in [6, 6.07) is 10.3. The number of fused-ring (bicyclic) bond motifs is 1. The number of anilines is 1. The zero-order chi connectivity index (χ0) is 13.7. The lowest BCUT2D eigenvalue weighted by molar-refractivity contribution is 0.322. The fourth-order valence-electron chi connectivity index (χ4n) is 2.32. The van der Waals surface area contributed by atoms with Crippen molar-refractivity contribution in [2.75, 3.05) is 24.6 Å². The summed E-state index contributed by atoms with van der Waals surface area (Å²) in [5.74, 6) is 0.954. The van der Waals surface area contributed by atoms with Crippen LogP contribution in [0.15, 0.2) is 24.3 Å². The lowest BCUT2D eigenvalue weighted by atomic mass is 9.99. The van der Waals surface area contributed by atoms with Crippen molar-refractivity contribution < 1.29 is 4.74 Å². The summed E-state index contributed by atoms with van der Waals surface area (Å²) in [6.45, 7) is 4.45. The Labute approximate surface area is 114 Å². The fourth-order valence-corrected chi connectivity index (χ4v) is 2.32. The second-order valence-electron chi connectivity index (χ2n) is 5.29. The molecular weight excluding hydrogens is 238 g/mol. The molecule has 1 aromatic rings. The van der Waals surface area contributed by atoms with Gasteiger partial charge in [-0.05, 0) is 38.3 Å². The lowest BCUT2D eigenvalue weighted by Gasteiger charge is -2.25. The molecule has 1 aliphatic rings. The summed E-state index contributed by atoms with van der Waals surface area (Å²) >= 11 is 0. The highest BCUT2D eigenvalue weighted by Gasteiger charge is 2.19. The highest BCUT2D eigenvalue weighted by atomic mass is 16.5. The topological polar surface area (TPSA) is 62.3 Å². The van der Waals surface area contributed by atoms with Crippen molar-refractivity contribution in [1.82, 2.24) is 0 Å². The Morgan fingerprint density at radius 1 is 1.47 bits per heavy atom. The first-order chi connectivity index (χ1) is 9.12. The van der Waals surface area contributed by atoms with Crippen LogP contribution in [0.5, 0.6) is 5.75 Å². The standard InChI is InChI=1S/C15H21N3O/c1-15(17,12-16)8-4-9-18-10-5-11-19-14-7-3-2-6-13(14)18/h2-3,6-7H,4-5,8-11,17H2,1H3. The van der Waals surface area contributed by atoms with Crippen LogP contribution in [0.2, 0.25) is 0 Å². The van der Waals surface area contributed by atoms with Gasteiger partial charge in [0.1, 0.15) is 11.3 Å². The Morgan fingerprint density at radius 3 is 3.05 bits per heavy atom. The molecule has 4 nitrogen and oxygen atoms in total. The van der Waals surface area contributed by atoms with Gasteiger partial charge >= 0.3 is 0 Å². The minimum absolute atomic E-state index is 0.711. The number of nitrogens with zero attached hydrogens (tertiary/aromatic N) is 2. The zero-order valence-corrected chi connectivity index (χ0v) is 11.4. The Kier molecular flexibility index (Phi) is 4.28. The van der Waals surface area contributed by atoms with Crippen molar-refractivity contribution in [2.45, 2.75) is 31.7 Å². The first-order valence-corrected chi connectivity index (χ1v) is 6.79. The summed E-state index contributed by atoms with van der Waals surface area (Å²) in [4.78, 5) is 2.33. The molecule has 0 fully saturated rings. The van der Waals surface area contributed by atoms with Crippen molar-refractivity contribution in [3.05, 3.63) is 24.3 Å². The molecule has 1 aromatic carbocycles. The van der Waals surface area contributed by atoms with Gasteiger partial charge in [0, 0.05) is 13.1 Å². The van der Waals surface area contributed by atoms with Gasteiger partial charge in [-0.3, -0.25) is 0 Å². The van der Waals surface area contributed by atoms with E-state index in [0.717, 1.165) is 44.0 Å². The number of nitriles is 1. The molecule has 0 aliphatic carbocycles. The predicted octanol–water partition coefficient (Wildman–Crippen LogP) is 2.30. The molecule has 0 bridgehead atoms. The van der Waals surface area contributed by atoms with E-state index in [1.165, 1.54) is 0 Å². The lowest BCUT2D eigenvalue weighted by Crippen LogP contribution is -2.35. The molecule has 0 saturated carbocycles.